The van der Waals surface area contributed by atoms with Gasteiger partial charge in [0.2, 0.25) is 0 Å². The third-order valence-electron chi connectivity index (χ3n) is 4.31. The monoisotopic (exact) mass is 512 g/mol. The molecular formula is C20H15F3N4O5S2. The summed E-state index contributed by atoms with van der Waals surface area (Å²) in [6, 6.07) is 14.1. The van der Waals surface area contributed by atoms with Crippen molar-refractivity contribution in [3.8, 4) is 11.8 Å². The van der Waals surface area contributed by atoms with E-state index >= 15 is 0 Å². The predicted molar refractivity (Wildman–Crippen MR) is 117 cm³/mol. The molecule has 0 unspecified atom stereocenters. The van der Waals surface area contributed by atoms with Crippen LogP contribution >= 0.6 is 11.3 Å². The zero-order valence-electron chi connectivity index (χ0n) is 17.0. The fourth-order valence-corrected chi connectivity index (χ4v) is 4.60. The first kappa shape index (κ1) is 24.8. The number of hydrogen-bond donors (Lipinski definition) is 2. The number of aromatic nitrogens is 1. The Hall–Kier alpha value is -3.83. The molecule has 4 rings (SSSR count). The number of thiazole rings is 1. The second kappa shape index (κ2) is 9.98. The summed E-state index contributed by atoms with van der Waals surface area (Å²) in [4.78, 5) is 15.0. The number of carboxylic acids is 1. The first-order chi connectivity index (χ1) is 16.0. The van der Waals surface area contributed by atoms with E-state index in [-0.39, 0.29) is 4.90 Å². The molecule has 0 saturated heterocycles. The van der Waals surface area contributed by atoms with E-state index in [9.17, 15) is 21.6 Å². The van der Waals surface area contributed by atoms with Gasteiger partial charge in [-0.2, -0.15) is 18.4 Å². The van der Waals surface area contributed by atoms with Gasteiger partial charge in [0.25, 0.3) is 10.0 Å². The maximum Gasteiger partial charge on any atom is 0.490 e. The van der Waals surface area contributed by atoms with E-state index in [0.717, 1.165) is 11.4 Å². The number of nitriles is 1. The molecule has 0 amide bonds. The number of ether oxygens (including phenoxy) is 1. The smallest absolute Gasteiger partial charge is 0.489 e. The average molecular weight is 512 g/mol. The lowest BCUT2D eigenvalue weighted by Gasteiger charge is -2.31. The quantitative estimate of drug-likeness (QED) is 0.537. The van der Waals surface area contributed by atoms with Gasteiger partial charge >= 0.3 is 12.1 Å². The lowest BCUT2D eigenvalue weighted by molar-refractivity contribution is -0.192. The molecule has 0 atom stereocenters. The highest BCUT2D eigenvalue weighted by Crippen LogP contribution is 2.38. The van der Waals surface area contributed by atoms with Gasteiger partial charge < -0.3 is 14.7 Å². The third-order valence-corrected chi connectivity index (χ3v) is 6.46. The minimum Gasteiger partial charge on any atom is -0.489 e. The van der Waals surface area contributed by atoms with Crippen molar-refractivity contribution in [1.82, 2.24) is 4.98 Å². The van der Waals surface area contributed by atoms with Gasteiger partial charge in [-0.15, -0.1) is 11.3 Å². The Balaban J connectivity index is 0.000000406. The van der Waals surface area contributed by atoms with Gasteiger partial charge in [0.15, 0.2) is 5.13 Å². The van der Waals surface area contributed by atoms with Crippen LogP contribution in [0.2, 0.25) is 0 Å². The summed E-state index contributed by atoms with van der Waals surface area (Å²) >= 11 is 1.21. The van der Waals surface area contributed by atoms with Crippen LogP contribution < -0.4 is 14.4 Å². The average Bonchev–Trinajstić information content (AvgIpc) is 3.30. The van der Waals surface area contributed by atoms with E-state index in [0.29, 0.717) is 29.6 Å². The second-order valence-corrected chi connectivity index (χ2v) is 9.11. The Bertz CT molecular complexity index is 1310. The largest absolute Gasteiger partial charge is 0.490 e. The first-order valence-corrected chi connectivity index (χ1v) is 11.6. The van der Waals surface area contributed by atoms with Gasteiger partial charge in [-0.05, 0) is 36.4 Å². The molecule has 9 nitrogen and oxygen atoms in total. The molecule has 0 spiro atoms. The number of hydrogen-bond acceptors (Lipinski definition) is 8. The molecule has 3 aromatic rings. The van der Waals surface area contributed by atoms with Crippen molar-refractivity contribution in [1.29, 1.82) is 5.26 Å². The van der Waals surface area contributed by atoms with Crippen molar-refractivity contribution in [3.63, 3.8) is 0 Å². The summed E-state index contributed by atoms with van der Waals surface area (Å²) in [5.74, 6) is -2.26. The standard InChI is InChI=1S/C18H14N4O3S2.C2HF3O2/c19-12-13-1-3-14(4-2-13)22-8-9-25-17-11-15(5-6-16(17)22)27(23,24)21-18-20-7-10-26-18;3-2(4,5)1(6)7/h1-7,10-11H,8-9H2,(H,20,21);(H,6,7). The number of benzene rings is 2. The zero-order chi connectivity index (χ0) is 24.9. The van der Waals surface area contributed by atoms with E-state index in [1.165, 1.54) is 23.6 Å². The molecule has 0 radical (unpaired) electrons. The normalized spacial score (nSPS) is 12.9. The molecule has 0 aliphatic carbocycles. The number of rotatable bonds is 4. The van der Waals surface area contributed by atoms with Crippen LogP contribution in [0.3, 0.4) is 0 Å². The SMILES string of the molecule is N#Cc1ccc(N2CCOc3cc(S(=O)(=O)Nc4nccs4)ccc32)cc1.O=C(O)C(F)(F)F. The topological polar surface area (TPSA) is 133 Å². The lowest BCUT2D eigenvalue weighted by Crippen LogP contribution is -2.28. The summed E-state index contributed by atoms with van der Waals surface area (Å²) in [7, 11) is -3.74. The minimum atomic E-state index is -5.08. The van der Waals surface area contributed by atoms with Crippen molar-refractivity contribution in [2.24, 2.45) is 0 Å². The highest BCUT2D eigenvalue weighted by atomic mass is 32.2. The second-order valence-electron chi connectivity index (χ2n) is 6.53. The van der Waals surface area contributed by atoms with Crippen molar-refractivity contribution in [3.05, 3.63) is 59.6 Å². The molecule has 34 heavy (non-hydrogen) atoms. The lowest BCUT2D eigenvalue weighted by atomic mass is 10.1. The number of sulfonamides is 1. The van der Waals surface area contributed by atoms with Gasteiger partial charge in [-0.1, -0.05) is 0 Å². The number of carboxylic acid groups (broad SMARTS) is 1. The predicted octanol–water partition coefficient (Wildman–Crippen LogP) is 3.98. The fraction of sp³-hybridized carbons (Fsp3) is 0.150. The maximum atomic E-state index is 12.6. The zero-order valence-corrected chi connectivity index (χ0v) is 18.6. The molecular weight excluding hydrogens is 497 g/mol. The van der Waals surface area contributed by atoms with Crippen molar-refractivity contribution in [2.75, 3.05) is 22.8 Å². The molecule has 2 aromatic carbocycles. The Labute approximate surface area is 195 Å². The number of carbonyl (C=O) groups is 1. The van der Waals surface area contributed by atoms with E-state index in [2.05, 4.69) is 15.8 Å². The number of nitrogens with zero attached hydrogens (tertiary/aromatic N) is 3. The third kappa shape index (κ3) is 5.94. The van der Waals surface area contributed by atoms with Gasteiger partial charge in [0, 0.05) is 23.3 Å². The Morgan fingerprint density at radius 2 is 1.91 bits per heavy atom. The Morgan fingerprint density at radius 1 is 1.24 bits per heavy atom. The molecule has 1 aliphatic rings. The number of halogens is 3. The number of anilines is 3. The van der Waals surface area contributed by atoms with Crippen LogP contribution in [-0.4, -0.2) is 43.8 Å². The van der Waals surface area contributed by atoms with Crippen LogP contribution in [0.15, 0.2) is 58.9 Å². The fourth-order valence-electron chi connectivity index (χ4n) is 2.80. The van der Waals surface area contributed by atoms with E-state index in [4.69, 9.17) is 19.9 Å². The van der Waals surface area contributed by atoms with Crippen molar-refractivity contribution >= 4 is 43.8 Å². The van der Waals surface area contributed by atoms with Crippen LogP contribution in [0.5, 0.6) is 5.75 Å². The highest BCUT2D eigenvalue weighted by molar-refractivity contribution is 7.93. The number of alkyl halides is 3. The molecule has 0 bridgehead atoms. The van der Waals surface area contributed by atoms with Gasteiger partial charge in [0.1, 0.15) is 12.4 Å². The first-order valence-electron chi connectivity index (χ1n) is 9.28. The summed E-state index contributed by atoms with van der Waals surface area (Å²) in [6.45, 7) is 1.05. The van der Waals surface area contributed by atoms with Crippen molar-refractivity contribution in [2.45, 2.75) is 11.1 Å². The van der Waals surface area contributed by atoms with Crippen LogP contribution in [0, 0.1) is 11.3 Å². The molecule has 1 aromatic heterocycles. The van der Waals surface area contributed by atoms with Crippen molar-refractivity contribution < 1.29 is 36.2 Å². The molecule has 14 heteroatoms. The van der Waals surface area contributed by atoms with E-state index < -0.39 is 22.2 Å². The number of aliphatic carboxylic acids is 1. The maximum absolute atomic E-state index is 12.6. The molecule has 178 valence electrons. The molecule has 0 saturated carbocycles. The molecule has 0 fully saturated rings. The summed E-state index contributed by atoms with van der Waals surface area (Å²) < 4.78 is 65.0. The summed E-state index contributed by atoms with van der Waals surface area (Å²) in [5, 5.41) is 18.1. The highest BCUT2D eigenvalue weighted by Gasteiger charge is 2.38. The van der Waals surface area contributed by atoms with Gasteiger partial charge in [-0.25, -0.2) is 18.2 Å². The van der Waals surface area contributed by atoms with E-state index in [1.54, 1.807) is 29.6 Å². The summed E-state index contributed by atoms with van der Waals surface area (Å²) in [5.41, 5.74) is 2.27. The van der Waals surface area contributed by atoms with Crippen LogP contribution in [0.25, 0.3) is 0 Å². The number of nitrogens with one attached hydrogen (secondary N) is 1. The van der Waals surface area contributed by atoms with Crippen LogP contribution in [0.4, 0.5) is 29.7 Å². The van der Waals surface area contributed by atoms with Gasteiger partial charge in [0.05, 0.1) is 28.8 Å². The van der Waals surface area contributed by atoms with Crippen LogP contribution in [-0.2, 0) is 14.8 Å². The van der Waals surface area contributed by atoms with E-state index in [1.807, 2.05) is 17.0 Å². The Kier molecular flexibility index (Phi) is 7.28. The Morgan fingerprint density at radius 3 is 2.47 bits per heavy atom. The molecule has 2 heterocycles. The number of fused-ring (bicyclic) bond motifs is 1. The molecule has 2 N–H and O–H groups in total. The van der Waals surface area contributed by atoms with Gasteiger partial charge in [-0.3, -0.25) is 4.72 Å². The summed E-state index contributed by atoms with van der Waals surface area (Å²) in [6.07, 6.45) is -3.55. The molecule has 1 aliphatic heterocycles. The van der Waals surface area contributed by atoms with Crippen LogP contribution in [0.1, 0.15) is 5.56 Å². The minimum absolute atomic E-state index is 0.109.